The lowest BCUT2D eigenvalue weighted by Crippen LogP contribution is -2.31. The fourth-order valence-electron chi connectivity index (χ4n) is 2.88. The zero-order valence-electron chi connectivity index (χ0n) is 16.0. The molecule has 28 heavy (non-hydrogen) atoms. The van der Waals surface area contributed by atoms with Crippen molar-refractivity contribution in [2.45, 2.75) is 20.0 Å². The highest BCUT2D eigenvalue weighted by Crippen LogP contribution is 2.38. The molecule has 0 aromatic heterocycles. The SMILES string of the molecule is COc1cc(OC)cc(N2C(=O)C(Cl)=C(c3ccc(OC(C)C)cc3)C2=O)c1. The molecular formula is C21H20ClNO5. The Labute approximate surface area is 168 Å². The van der Waals surface area contributed by atoms with E-state index in [1.165, 1.54) is 14.2 Å². The number of hydrogen-bond donors (Lipinski definition) is 0. The van der Waals surface area contributed by atoms with Gasteiger partial charge in [0.2, 0.25) is 0 Å². The van der Waals surface area contributed by atoms with E-state index in [9.17, 15) is 9.59 Å². The van der Waals surface area contributed by atoms with Gasteiger partial charge in [0, 0.05) is 18.2 Å². The summed E-state index contributed by atoms with van der Waals surface area (Å²) in [6.45, 7) is 3.85. The van der Waals surface area contributed by atoms with Gasteiger partial charge in [0.25, 0.3) is 11.8 Å². The summed E-state index contributed by atoms with van der Waals surface area (Å²) in [7, 11) is 2.98. The van der Waals surface area contributed by atoms with E-state index in [4.69, 9.17) is 25.8 Å². The van der Waals surface area contributed by atoms with Gasteiger partial charge in [-0.25, -0.2) is 4.90 Å². The molecule has 0 N–H and O–H groups in total. The molecular weight excluding hydrogens is 382 g/mol. The molecule has 0 radical (unpaired) electrons. The van der Waals surface area contributed by atoms with Crippen LogP contribution in [0.4, 0.5) is 5.69 Å². The first-order valence-electron chi connectivity index (χ1n) is 8.64. The number of ether oxygens (including phenoxy) is 3. The van der Waals surface area contributed by atoms with Crippen molar-refractivity contribution >= 4 is 34.7 Å². The van der Waals surface area contributed by atoms with Crippen LogP contribution in [-0.2, 0) is 9.59 Å². The summed E-state index contributed by atoms with van der Waals surface area (Å²) in [4.78, 5) is 26.8. The maximum Gasteiger partial charge on any atom is 0.277 e. The van der Waals surface area contributed by atoms with E-state index in [0.717, 1.165) is 4.90 Å². The topological polar surface area (TPSA) is 65.1 Å². The summed E-state index contributed by atoms with van der Waals surface area (Å²) >= 11 is 6.25. The third kappa shape index (κ3) is 3.68. The molecule has 6 nitrogen and oxygen atoms in total. The number of carbonyl (C=O) groups excluding carboxylic acids is 2. The van der Waals surface area contributed by atoms with Crippen LogP contribution < -0.4 is 19.1 Å². The van der Waals surface area contributed by atoms with Gasteiger partial charge >= 0.3 is 0 Å². The lowest BCUT2D eigenvalue weighted by Gasteiger charge is -2.17. The van der Waals surface area contributed by atoms with E-state index in [1.807, 2.05) is 13.8 Å². The van der Waals surface area contributed by atoms with E-state index in [-0.39, 0.29) is 16.7 Å². The van der Waals surface area contributed by atoms with Crippen LogP contribution in [0, 0.1) is 0 Å². The van der Waals surface area contributed by atoms with E-state index in [1.54, 1.807) is 42.5 Å². The standard InChI is InChI=1S/C21H20ClNO5/c1-12(2)28-15-7-5-13(6-8-15)18-19(22)21(25)23(20(18)24)14-9-16(26-3)11-17(10-14)27-4/h5-12H,1-4H3. The monoisotopic (exact) mass is 401 g/mol. The van der Waals surface area contributed by atoms with Crippen LogP contribution in [0.2, 0.25) is 0 Å². The Kier molecular flexibility index (Phi) is 5.61. The van der Waals surface area contributed by atoms with Gasteiger partial charge < -0.3 is 14.2 Å². The summed E-state index contributed by atoms with van der Waals surface area (Å²) in [6.07, 6.45) is 0.0295. The number of nitrogens with zero attached hydrogens (tertiary/aromatic N) is 1. The van der Waals surface area contributed by atoms with E-state index < -0.39 is 11.8 Å². The Hall–Kier alpha value is -2.99. The van der Waals surface area contributed by atoms with Crippen LogP contribution in [0.1, 0.15) is 19.4 Å². The Morgan fingerprint density at radius 1 is 0.857 bits per heavy atom. The quantitative estimate of drug-likeness (QED) is 0.684. The molecule has 2 aromatic rings. The highest BCUT2D eigenvalue weighted by atomic mass is 35.5. The summed E-state index contributed by atoms with van der Waals surface area (Å²) in [6, 6.07) is 11.7. The fraction of sp³-hybridized carbons (Fsp3) is 0.238. The Morgan fingerprint density at radius 2 is 1.43 bits per heavy atom. The molecule has 0 aliphatic carbocycles. The molecule has 3 rings (SSSR count). The zero-order chi connectivity index (χ0) is 20.4. The minimum absolute atomic E-state index is 0.0295. The predicted octanol–water partition coefficient (Wildman–Crippen LogP) is 4.01. The number of methoxy groups -OCH3 is 2. The number of amides is 2. The van der Waals surface area contributed by atoms with Crippen LogP contribution in [0.5, 0.6) is 17.2 Å². The van der Waals surface area contributed by atoms with Gasteiger partial charge in [-0.2, -0.15) is 0 Å². The van der Waals surface area contributed by atoms with Crippen LogP contribution in [0.3, 0.4) is 0 Å². The molecule has 0 bridgehead atoms. The highest BCUT2D eigenvalue weighted by Gasteiger charge is 2.39. The maximum absolute atomic E-state index is 13.0. The van der Waals surface area contributed by atoms with Gasteiger partial charge in [0.1, 0.15) is 22.3 Å². The minimum Gasteiger partial charge on any atom is -0.497 e. The van der Waals surface area contributed by atoms with Crippen molar-refractivity contribution in [3.63, 3.8) is 0 Å². The smallest absolute Gasteiger partial charge is 0.277 e. The number of imide groups is 1. The highest BCUT2D eigenvalue weighted by molar-refractivity contribution is 6.60. The van der Waals surface area contributed by atoms with Gasteiger partial charge in [-0.05, 0) is 31.5 Å². The second-order valence-electron chi connectivity index (χ2n) is 6.40. The summed E-state index contributed by atoms with van der Waals surface area (Å²) in [5, 5.41) is -0.135. The third-order valence-electron chi connectivity index (χ3n) is 4.14. The van der Waals surface area contributed by atoms with Crippen LogP contribution in [-0.4, -0.2) is 32.1 Å². The number of hydrogen-bond acceptors (Lipinski definition) is 5. The Bertz CT molecular complexity index is 928. The van der Waals surface area contributed by atoms with E-state index in [0.29, 0.717) is 28.5 Å². The molecule has 0 saturated carbocycles. The Morgan fingerprint density at radius 3 is 1.93 bits per heavy atom. The molecule has 146 valence electrons. The molecule has 2 aromatic carbocycles. The molecule has 0 unspecified atom stereocenters. The lowest BCUT2D eigenvalue weighted by molar-refractivity contribution is -0.119. The van der Waals surface area contributed by atoms with Crippen molar-refractivity contribution in [2.75, 3.05) is 19.1 Å². The van der Waals surface area contributed by atoms with Crippen molar-refractivity contribution in [3.05, 3.63) is 53.1 Å². The molecule has 7 heteroatoms. The maximum atomic E-state index is 13.0. The molecule has 0 fully saturated rings. The van der Waals surface area contributed by atoms with Crippen molar-refractivity contribution in [1.82, 2.24) is 0 Å². The van der Waals surface area contributed by atoms with Gasteiger partial charge in [0.15, 0.2) is 0 Å². The largest absolute Gasteiger partial charge is 0.497 e. The average Bonchev–Trinajstić information content (AvgIpc) is 2.90. The van der Waals surface area contributed by atoms with E-state index in [2.05, 4.69) is 0 Å². The summed E-state index contributed by atoms with van der Waals surface area (Å²) in [5.74, 6) is 0.466. The van der Waals surface area contributed by atoms with Gasteiger partial charge in [-0.1, -0.05) is 23.7 Å². The van der Waals surface area contributed by atoms with Gasteiger partial charge in [-0.3, -0.25) is 9.59 Å². The number of carbonyl (C=O) groups is 2. The Balaban J connectivity index is 1.96. The molecule has 0 atom stereocenters. The number of benzene rings is 2. The summed E-state index contributed by atoms with van der Waals surface area (Å²) in [5.41, 5.74) is 1.00. The van der Waals surface area contributed by atoms with E-state index >= 15 is 0 Å². The summed E-state index contributed by atoms with van der Waals surface area (Å²) < 4.78 is 16.1. The van der Waals surface area contributed by atoms with Crippen molar-refractivity contribution in [2.24, 2.45) is 0 Å². The molecule has 0 saturated heterocycles. The molecule has 1 heterocycles. The molecule has 0 spiro atoms. The average molecular weight is 402 g/mol. The lowest BCUT2D eigenvalue weighted by atomic mass is 10.1. The van der Waals surface area contributed by atoms with Crippen LogP contribution >= 0.6 is 11.6 Å². The number of halogens is 1. The van der Waals surface area contributed by atoms with Crippen molar-refractivity contribution < 1.29 is 23.8 Å². The first-order chi connectivity index (χ1) is 13.3. The van der Waals surface area contributed by atoms with Crippen LogP contribution in [0.15, 0.2) is 47.5 Å². The first-order valence-corrected chi connectivity index (χ1v) is 9.02. The van der Waals surface area contributed by atoms with Gasteiger partial charge in [0.05, 0.1) is 31.6 Å². The first kappa shape index (κ1) is 19.8. The third-order valence-corrected chi connectivity index (χ3v) is 4.49. The normalized spacial score (nSPS) is 14.1. The minimum atomic E-state index is -0.598. The molecule has 1 aliphatic rings. The van der Waals surface area contributed by atoms with Gasteiger partial charge in [-0.15, -0.1) is 0 Å². The second-order valence-corrected chi connectivity index (χ2v) is 6.77. The van der Waals surface area contributed by atoms with Crippen molar-refractivity contribution in [1.29, 1.82) is 0 Å². The van der Waals surface area contributed by atoms with Crippen LogP contribution in [0.25, 0.3) is 5.57 Å². The zero-order valence-corrected chi connectivity index (χ0v) is 16.7. The second kappa shape index (κ2) is 7.94. The number of rotatable bonds is 6. The predicted molar refractivity (Wildman–Crippen MR) is 107 cm³/mol. The molecule has 1 aliphatic heterocycles. The van der Waals surface area contributed by atoms with Crippen molar-refractivity contribution in [3.8, 4) is 17.2 Å². The molecule has 2 amide bonds. The fourth-order valence-corrected chi connectivity index (χ4v) is 3.16. The number of anilines is 1.